The summed E-state index contributed by atoms with van der Waals surface area (Å²) in [5.41, 5.74) is 1.01. The summed E-state index contributed by atoms with van der Waals surface area (Å²) in [6.45, 7) is 1.94. The summed E-state index contributed by atoms with van der Waals surface area (Å²) in [4.78, 5) is 8.26. The van der Waals surface area contributed by atoms with E-state index in [4.69, 9.17) is 0 Å². The SMILES string of the molecule is C[C@@H](Nc1ncccc1S(C)(=O)=O)c1ccncc1. The van der Waals surface area contributed by atoms with Gasteiger partial charge in [0.05, 0.1) is 6.04 Å². The molecule has 0 aliphatic rings. The maximum absolute atomic E-state index is 11.7. The van der Waals surface area contributed by atoms with E-state index in [1.54, 1.807) is 30.7 Å². The molecule has 2 aromatic rings. The Labute approximate surface area is 112 Å². The summed E-state index contributed by atoms with van der Waals surface area (Å²) in [5.74, 6) is 0.370. The van der Waals surface area contributed by atoms with Crippen molar-refractivity contribution < 1.29 is 8.42 Å². The van der Waals surface area contributed by atoms with Gasteiger partial charge in [0.25, 0.3) is 0 Å². The number of nitrogens with one attached hydrogen (secondary N) is 1. The lowest BCUT2D eigenvalue weighted by Crippen LogP contribution is -2.11. The number of nitrogens with zero attached hydrogens (tertiary/aromatic N) is 2. The summed E-state index contributed by atoms with van der Waals surface area (Å²) < 4.78 is 23.4. The molecule has 0 aliphatic heterocycles. The van der Waals surface area contributed by atoms with Crippen molar-refractivity contribution in [1.82, 2.24) is 9.97 Å². The zero-order chi connectivity index (χ0) is 13.9. The van der Waals surface area contributed by atoms with E-state index in [2.05, 4.69) is 15.3 Å². The molecular formula is C13H15N3O2S. The summed E-state index contributed by atoms with van der Waals surface area (Å²) in [7, 11) is -3.30. The molecule has 100 valence electrons. The molecule has 2 aromatic heterocycles. The van der Waals surface area contributed by atoms with Gasteiger partial charge in [0.1, 0.15) is 10.7 Å². The topological polar surface area (TPSA) is 72.0 Å². The third-order valence-corrected chi connectivity index (χ3v) is 3.86. The quantitative estimate of drug-likeness (QED) is 0.926. The lowest BCUT2D eigenvalue weighted by Gasteiger charge is -2.16. The van der Waals surface area contributed by atoms with Gasteiger partial charge < -0.3 is 5.32 Å². The van der Waals surface area contributed by atoms with Gasteiger partial charge in [-0.2, -0.15) is 0 Å². The van der Waals surface area contributed by atoms with E-state index < -0.39 is 9.84 Å². The lowest BCUT2D eigenvalue weighted by atomic mass is 10.1. The van der Waals surface area contributed by atoms with E-state index in [0.29, 0.717) is 5.82 Å². The van der Waals surface area contributed by atoms with Crippen molar-refractivity contribution in [2.45, 2.75) is 17.9 Å². The van der Waals surface area contributed by atoms with Crippen molar-refractivity contribution in [2.75, 3.05) is 11.6 Å². The first-order valence-corrected chi connectivity index (χ1v) is 7.69. The van der Waals surface area contributed by atoms with Crippen molar-refractivity contribution in [1.29, 1.82) is 0 Å². The van der Waals surface area contributed by atoms with Gasteiger partial charge in [-0.3, -0.25) is 4.98 Å². The normalized spacial score (nSPS) is 12.9. The Bertz CT molecular complexity index is 657. The number of rotatable bonds is 4. The average Bonchev–Trinajstić information content (AvgIpc) is 2.39. The summed E-state index contributed by atoms with van der Waals surface area (Å²) in [6.07, 6.45) is 6.13. The zero-order valence-corrected chi connectivity index (χ0v) is 11.6. The third-order valence-electron chi connectivity index (χ3n) is 2.73. The van der Waals surface area contributed by atoms with Crippen LogP contribution >= 0.6 is 0 Å². The number of hydrogen-bond donors (Lipinski definition) is 1. The molecule has 1 atom stereocenters. The minimum Gasteiger partial charge on any atom is -0.362 e. The fourth-order valence-corrected chi connectivity index (χ4v) is 2.53. The van der Waals surface area contributed by atoms with Gasteiger partial charge in [-0.15, -0.1) is 0 Å². The number of pyridine rings is 2. The lowest BCUT2D eigenvalue weighted by molar-refractivity contribution is 0.601. The smallest absolute Gasteiger partial charge is 0.179 e. The highest BCUT2D eigenvalue weighted by Gasteiger charge is 2.15. The molecule has 0 unspecified atom stereocenters. The molecule has 5 nitrogen and oxygen atoms in total. The van der Waals surface area contributed by atoms with Crippen LogP contribution in [0.25, 0.3) is 0 Å². The van der Waals surface area contributed by atoms with Gasteiger partial charge in [0.15, 0.2) is 9.84 Å². The molecule has 0 aromatic carbocycles. The maximum atomic E-state index is 11.7. The zero-order valence-electron chi connectivity index (χ0n) is 10.7. The molecule has 1 N–H and O–H groups in total. The minimum absolute atomic E-state index is 0.0570. The van der Waals surface area contributed by atoms with Gasteiger partial charge in [-0.1, -0.05) is 0 Å². The van der Waals surface area contributed by atoms with E-state index >= 15 is 0 Å². The van der Waals surface area contributed by atoms with E-state index in [1.807, 2.05) is 19.1 Å². The Morgan fingerprint density at radius 3 is 2.47 bits per heavy atom. The largest absolute Gasteiger partial charge is 0.362 e. The molecule has 0 fully saturated rings. The van der Waals surface area contributed by atoms with Crippen LogP contribution < -0.4 is 5.32 Å². The monoisotopic (exact) mass is 277 g/mol. The summed E-state index contributed by atoms with van der Waals surface area (Å²) in [5, 5.41) is 3.12. The van der Waals surface area contributed by atoms with Crippen molar-refractivity contribution >= 4 is 15.7 Å². The second-order valence-electron chi connectivity index (χ2n) is 4.27. The Morgan fingerprint density at radius 1 is 1.16 bits per heavy atom. The van der Waals surface area contributed by atoms with Gasteiger partial charge in [-0.25, -0.2) is 13.4 Å². The molecule has 0 saturated carbocycles. The fraction of sp³-hybridized carbons (Fsp3) is 0.231. The van der Waals surface area contributed by atoms with Gasteiger partial charge in [0, 0.05) is 24.8 Å². The van der Waals surface area contributed by atoms with Crippen molar-refractivity contribution in [3.8, 4) is 0 Å². The van der Waals surface area contributed by atoms with Crippen LogP contribution in [0.3, 0.4) is 0 Å². The highest BCUT2D eigenvalue weighted by molar-refractivity contribution is 7.90. The first-order valence-electron chi connectivity index (χ1n) is 5.80. The molecule has 0 aliphatic carbocycles. The van der Waals surface area contributed by atoms with Crippen molar-refractivity contribution in [3.63, 3.8) is 0 Å². The molecule has 2 rings (SSSR count). The highest BCUT2D eigenvalue weighted by Crippen LogP contribution is 2.23. The van der Waals surface area contributed by atoms with E-state index in [1.165, 1.54) is 6.26 Å². The molecule has 0 bridgehead atoms. The van der Waals surface area contributed by atoms with Gasteiger partial charge in [-0.05, 0) is 36.8 Å². The predicted molar refractivity (Wildman–Crippen MR) is 73.6 cm³/mol. The summed E-state index contributed by atoms with van der Waals surface area (Å²) >= 11 is 0. The molecule has 0 spiro atoms. The van der Waals surface area contributed by atoms with Crippen LogP contribution in [0.4, 0.5) is 5.82 Å². The Kier molecular flexibility index (Phi) is 3.80. The molecule has 19 heavy (non-hydrogen) atoms. The molecule has 2 heterocycles. The van der Waals surface area contributed by atoms with E-state index in [-0.39, 0.29) is 10.9 Å². The van der Waals surface area contributed by atoms with Crippen LogP contribution in [0.15, 0.2) is 47.8 Å². The third kappa shape index (κ3) is 3.29. The number of hydrogen-bond acceptors (Lipinski definition) is 5. The molecule has 6 heteroatoms. The Balaban J connectivity index is 2.30. The molecule has 0 radical (unpaired) electrons. The van der Waals surface area contributed by atoms with Crippen LogP contribution in [0.1, 0.15) is 18.5 Å². The van der Waals surface area contributed by atoms with Crippen LogP contribution in [0.5, 0.6) is 0 Å². The van der Waals surface area contributed by atoms with Crippen LogP contribution in [0.2, 0.25) is 0 Å². The Morgan fingerprint density at radius 2 is 1.84 bits per heavy atom. The van der Waals surface area contributed by atoms with Crippen LogP contribution in [0, 0.1) is 0 Å². The number of anilines is 1. The average molecular weight is 277 g/mol. The second kappa shape index (κ2) is 5.36. The maximum Gasteiger partial charge on any atom is 0.179 e. The number of aromatic nitrogens is 2. The first-order chi connectivity index (χ1) is 8.98. The fourth-order valence-electron chi connectivity index (χ4n) is 1.74. The van der Waals surface area contributed by atoms with Crippen molar-refractivity contribution in [3.05, 3.63) is 48.4 Å². The van der Waals surface area contributed by atoms with Gasteiger partial charge in [0.2, 0.25) is 0 Å². The molecule has 0 saturated heterocycles. The van der Waals surface area contributed by atoms with Crippen LogP contribution in [-0.2, 0) is 9.84 Å². The number of sulfone groups is 1. The van der Waals surface area contributed by atoms with Gasteiger partial charge >= 0.3 is 0 Å². The van der Waals surface area contributed by atoms with E-state index in [9.17, 15) is 8.42 Å². The second-order valence-corrected chi connectivity index (χ2v) is 6.25. The molecule has 0 amide bonds. The molecular weight excluding hydrogens is 262 g/mol. The predicted octanol–water partition coefficient (Wildman–Crippen LogP) is 2.05. The standard InChI is InChI=1S/C13H15N3O2S/c1-10(11-5-8-14-9-6-11)16-13-12(19(2,17)18)4-3-7-15-13/h3-10H,1-2H3,(H,15,16)/t10-/m1/s1. The minimum atomic E-state index is -3.30. The summed E-state index contributed by atoms with van der Waals surface area (Å²) in [6, 6.07) is 6.85. The highest BCUT2D eigenvalue weighted by atomic mass is 32.2. The first kappa shape index (κ1) is 13.5. The van der Waals surface area contributed by atoms with E-state index in [0.717, 1.165) is 5.56 Å². The van der Waals surface area contributed by atoms with Crippen LogP contribution in [-0.4, -0.2) is 24.6 Å². The Hall–Kier alpha value is -1.95. The van der Waals surface area contributed by atoms with Crippen molar-refractivity contribution in [2.24, 2.45) is 0 Å².